The van der Waals surface area contributed by atoms with Gasteiger partial charge in [-0.2, -0.15) is 0 Å². The van der Waals surface area contributed by atoms with Gasteiger partial charge in [0.05, 0.1) is 4.92 Å². The predicted molar refractivity (Wildman–Crippen MR) is 72.7 cm³/mol. The van der Waals surface area contributed by atoms with Gasteiger partial charge < -0.3 is 5.73 Å². The van der Waals surface area contributed by atoms with Crippen LogP contribution < -0.4 is 5.73 Å². The van der Waals surface area contributed by atoms with E-state index in [1.54, 1.807) is 0 Å². The van der Waals surface area contributed by atoms with Crippen molar-refractivity contribution in [2.24, 2.45) is 0 Å². The van der Waals surface area contributed by atoms with Crippen LogP contribution in [0, 0.1) is 30.9 Å². The van der Waals surface area contributed by atoms with Crippen LogP contribution in [-0.4, -0.2) is 14.9 Å². The van der Waals surface area contributed by atoms with Gasteiger partial charge in [-0.15, -0.1) is 0 Å². The number of nitrogen functional groups attached to an aromatic ring is 1. The van der Waals surface area contributed by atoms with Crippen LogP contribution in [-0.2, 0) is 0 Å². The Morgan fingerprint density at radius 3 is 2.32 bits per heavy atom. The van der Waals surface area contributed by atoms with E-state index in [0.717, 1.165) is 28.5 Å². The SMILES string of the molecule is Cc1cc(C)c(-c2nc(N)ncc2[N+](=O)[O-])c(C)c1. The molecule has 0 saturated carbocycles. The van der Waals surface area contributed by atoms with Crippen molar-refractivity contribution in [2.45, 2.75) is 20.8 Å². The fourth-order valence-electron chi connectivity index (χ4n) is 2.26. The van der Waals surface area contributed by atoms with Gasteiger partial charge in [-0.1, -0.05) is 17.7 Å². The van der Waals surface area contributed by atoms with E-state index in [4.69, 9.17) is 5.73 Å². The van der Waals surface area contributed by atoms with Crippen LogP contribution in [0.3, 0.4) is 0 Å². The minimum atomic E-state index is -0.493. The van der Waals surface area contributed by atoms with E-state index in [2.05, 4.69) is 9.97 Å². The lowest BCUT2D eigenvalue weighted by molar-refractivity contribution is -0.384. The molecule has 0 radical (unpaired) electrons. The third-order valence-electron chi connectivity index (χ3n) is 2.90. The average molecular weight is 258 g/mol. The molecule has 0 unspecified atom stereocenters. The molecule has 2 N–H and O–H groups in total. The van der Waals surface area contributed by atoms with Gasteiger partial charge in [-0.25, -0.2) is 9.97 Å². The normalized spacial score (nSPS) is 10.5. The number of aromatic nitrogens is 2. The second-order valence-corrected chi connectivity index (χ2v) is 4.49. The van der Waals surface area contributed by atoms with Crippen molar-refractivity contribution in [1.29, 1.82) is 0 Å². The van der Waals surface area contributed by atoms with Crippen molar-refractivity contribution in [3.05, 3.63) is 45.1 Å². The van der Waals surface area contributed by atoms with Crippen LogP contribution in [0.4, 0.5) is 11.6 Å². The summed E-state index contributed by atoms with van der Waals surface area (Å²) < 4.78 is 0. The second-order valence-electron chi connectivity index (χ2n) is 4.49. The lowest BCUT2D eigenvalue weighted by Crippen LogP contribution is -2.03. The van der Waals surface area contributed by atoms with E-state index in [-0.39, 0.29) is 17.3 Å². The minimum absolute atomic E-state index is 0.0278. The molecule has 2 aromatic rings. The molecule has 19 heavy (non-hydrogen) atoms. The number of nitrogens with two attached hydrogens (primary N) is 1. The van der Waals surface area contributed by atoms with E-state index in [9.17, 15) is 10.1 Å². The van der Waals surface area contributed by atoms with Crippen molar-refractivity contribution in [3.63, 3.8) is 0 Å². The first kappa shape index (κ1) is 12.9. The number of rotatable bonds is 2. The average Bonchev–Trinajstić information content (AvgIpc) is 2.27. The third-order valence-corrected chi connectivity index (χ3v) is 2.90. The van der Waals surface area contributed by atoms with Crippen LogP contribution in [0.25, 0.3) is 11.3 Å². The summed E-state index contributed by atoms with van der Waals surface area (Å²) in [6.45, 7) is 5.78. The Bertz CT molecular complexity index is 645. The van der Waals surface area contributed by atoms with Crippen LogP contribution in [0.2, 0.25) is 0 Å². The summed E-state index contributed by atoms with van der Waals surface area (Å²) in [6.07, 6.45) is 1.15. The van der Waals surface area contributed by atoms with Crippen LogP contribution >= 0.6 is 0 Å². The zero-order chi connectivity index (χ0) is 14.2. The molecule has 0 bridgehead atoms. The van der Waals surface area contributed by atoms with E-state index >= 15 is 0 Å². The Hall–Kier alpha value is -2.50. The summed E-state index contributed by atoms with van der Waals surface area (Å²) in [7, 11) is 0. The van der Waals surface area contributed by atoms with Crippen LogP contribution in [0.1, 0.15) is 16.7 Å². The first-order chi connectivity index (χ1) is 8.90. The Morgan fingerprint density at radius 2 is 1.79 bits per heavy atom. The minimum Gasteiger partial charge on any atom is -0.368 e. The van der Waals surface area contributed by atoms with Crippen LogP contribution in [0.5, 0.6) is 0 Å². The summed E-state index contributed by atoms with van der Waals surface area (Å²) in [4.78, 5) is 18.3. The molecule has 0 aliphatic heterocycles. The maximum atomic E-state index is 11.1. The highest BCUT2D eigenvalue weighted by Gasteiger charge is 2.21. The van der Waals surface area contributed by atoms with Gasteiger partial charge in [0.2, 0.25) is 5.95 Å². The van der Waals surface area contributed by atoms with E-state index < -0.39 is 4.92 Å². The van der Waals surface area contributed by atoms with Crippen molar-refractivity contribution < 1.29 is 4.92 Å². The van der Waals surface area contributed by atoms with Crippen molar-refractivity contribution in [2.75, 3.05) is 5.73 Å². The summed E-state index contributed by atoms with van der Waals surface area (Å²) >= 11 is 0. The molecule has 0 spiro atoms. The highest BCUT2D eigenvalue weighted by Crippen LogP contribution is 2.33. The maximum absolute atomic E-state index is 11.1. The standard InChI is InChI=1S/C13H14N4O2/c1-7-4-8(2)11(9(3)5-7)12-10(17(18)19)6-15-13(14)16-12/h4-6H,1-3H3,(H2,14,15,16). The zero-order valence-corrected chi connectivity index (χ0v) is 11.0. The highest BCUT2D eigenvalue weighted by atomic mass is 16.6. The molecule has 0 amide bonds. The number of nitro groups is 1. The van der Waals surface area contributed by atoms with Gasteiger partial charge in [-0.3, -0.25) is 10.1 Å². The molecule has 1 aromatic carbocycles. The molecule has 0 aliphatic rings. The molecule has 6 nitrogen and oxygen atoms in total. The van der Waals surface area contributed by atoms with Crippen LogP contribution in [0.15, 0.2) is 18.3 Å². The molecule has 2 rings (SSSR count). The Labute approximate surface area is 110 Å². The number of hydrogen-bond donors (Lipinski definition) is 1. The maximum Gasteiger partial charge on any atom is 0.313 e. The van der Waals surface area contributed by atoms with Gasteiger partial charge in [0.25, 0.3) is 0 Å². The molecule has 0 atom stereocenters. The number of benzene rings is 1. The lowest BCUT2D eigenvalue weighted by atomic mass is 9.96. The summed E-state index contributed by atoms with van der Waals surface area (Å²) in [5, 5.41) is 11.1. The first-order valence-electron chi connectivity index (χ1n) is 5.75. The van der Waals surface area contributed by atoms with Gasteiger partial charge in [0, 0.05) is 5.56 Å². The molecule has 6 heteroatoms. The van der Waals surface area contributed by atoms with Crippen molar-refractivity contribution in [3.8, 4) is 11.3 Å². The lowest BCUT2D eigenvalue weighted by Gasteiger charge is -2.11. The molecule has 0 aliphatic carbocycles. The monoisotopic (exact) mass is 258 g/mol. The zero-order valence-electron chi connectivity index (χ0n) is 11.0. The summed E-state index contributed by atoms with van der Waals surface area (Å²) in [5.41, 5.74) is 9.39. The molecule has 1 heterocycles. The number of aryl methyl sites for hydroxylation is 3. The Kier molecular flexibility index (Phi) is 3.16. The predicted octanol–water partition coefficient (Wildman–Crippen LogP) is 2.56. The fraction of sp³-hybridized carbons (Fsp3) is 0.231. The molecule has 1 aromatic heterocycles. The highest BCUT2D eigenvalue weighted by molar-refractivity contribution is 5.75. The molecular weight excluding hydrogens is 244 g/mol. The van der Waals surface area contributed by atoms with E-state index in [1.165, 1.54) is 0 Å². The summed E-state index contributed by atoms with van der Waals surface area (Å²) in [5.74, 6) is 0.0278. The topological polar surface area (TPSA) is 94.9 Å². The van der Waals surface area contributed by atoms with Crippen molar-refractivity contribution >= 4 is 11.6 Å². The van der Waals surface area contributed by atoms with Gasteiger partial charge in [0.15, 0.2) is 5.69 Å². The second kappa shape index (κ2) is 4.64. The number of anilines is 1. The molecule has 98 valence electrons. The smallest absolute Gasteiger partial charge is 0.313 e. The van der Waals surface area contributed by atoms with E-state index in [1.807, 2.05) is 32.9 Å². The molecular formula is C13H14N4O2. The Balaban J connectivity index is 2.78. The van der Waals surface area contributed by atoms with Gasteiger partial charge in [-0.05, 0) is 31.9 Å². The van der Waals surface area contributed by atoms with Gasteiger partial charge >= 0.3 is 5.69 Å². The largest absolute Gasteiger partial charge is 0.368 e. The van der Waals surface area contributed by atoms with Crippen molar-refractivity contribution in [1.82, 2.24) is 9.97 Å². The first-order valence-corrected chi connectivity index (χ1v) is 5.75. The summed E-state index contributed by atoms with van der Waals surface area (Å²) in [6, 6.07) is 3.93. The third kappa shape index (κ3) is 2.37. The molecule has 0 fully saturated rings. The number of hydrogen-bond acceptors (Lipinski definition) is 5. The van der Waals surface area contributed by atoms with E-state index in [0.29, 0.717) is 0 Å². The molecule has 0 saturated heterocycles. The number of nitrogens with zero attached hydrogens (tertiary/aromatic N) is 3. The van der Waals surface area contributed by atoms with Gasteiger partial charge in [0.1, 0.15) is 6.20 Å². The fourth-order valence-corrected chi connectivity index (χ4v) is 2.26. The quantitative estimate of drug-likeness (QED) is 0.659. The Morgan fingerprint density at radius 1 is 1.21 bits per heavy atom.